The second-order valence-electron chi connectivity index (χ2n) is 5.18. The van der Waals surface area contributed by atoms with Crippen molar-refractivity contribution in [1.29, 1.82) is 0 Å². The maximum Gasteiger partial charge on any atom is 0.264 e. The number of anilines is 1. The first kappa shape index (κ1) is 17.0. The molecule has 0 bridgehead atoms. The van der Waals surface area contributed by atoms with Gasteiger partial charge in [0, 0.05) is 26.7 Å². The van der Waals surface area contributed by atoms with E-state index in [2.05, 4.69) is 0 Å². The van der Waals surface area contributed by atoms with E-state index in [1.807, 2.05) is 0 Å². The van der Waals surface area contributed by atoms with E-state index < -0.39 is 15.8 Å². The molecule has 0 aliphatic heterocycles. The number of sulfonamides is 1. The lowest BCUT2D eigenvalue weighted by molar-refractivity contribution is 0.0827. The average molecular weight is 336 g/mol. The van der Waals surface area contributed by atoms with Gasteiger partial charge in [-0.3, -0.25) is 9.10 Å². The molecule has 0 aliphatic carbocycles. The molecule has 0 spiro atoms. The van der Waals surface area contributed by atoms with Crippen molar-refractivity contribution in [2.24, 2.45) is 0 Å². The van der Waals surface area contributed by atoms with E-state index >= 15 is 0 Å². The number of benzene rings is 2. The van der Waals surface area contributed by atoms with E-state index in [0.717, 1.165) is 4.31 Å². The summed E-state index contributed by atoms with van der Waals surface area (Å²) in [6, 6.07) is 10.9. The fourth-order valence-corrected chi connectivity index (χ4v) is 3.24. The van der Waals surface area contributed by atoms with Crippen LogP contribution in [-0.4, -0.2) is 40.4 Å². The maximum atomic E-state index is 13.0. The van der Waals surface area contributed by atoms with Crippen LogP contribution in [0.5, 0.6) is 0 Å². The summed E-state index contributed by atoms with van der Waals surface area (Å²) in [5, 5.41) is 0. The molecule has 2 aromatic carbocycles. The minimum absolute atomic E-state index is 0.00275. The highest BCUT2D eigenvalue weighted by Crippen LogP contribution is 2.23. The van der Waals surface area contributed by atoms with Crippen LogP contribution in [0, 0.1) is 5.82 Å². The molecule has 0 radical (unpaired) electrons. The van der Waals surface area contributed by atoms with E-state index in [-0.39, 0.29) is 16.4 Å². The minimum Gasteiger partial charge on any atom is -0.345 e. The van der Waals surface area contributed by atoms with Crippen molar-refractivity contribution in [1.82, 2.24) is 4.90 Å². The third kappa shape index (κ3) is 3.50. The van der Waals surface area contributed by atoms with Crippen LogP contribution in [0.3, 0.4) is 0 Å². The summed E-state index contributed by atoms with van der Waals surface area (Å²) in [6.45, 7) is 0. The second kappa shape index (κ2) is 6.37. The van der Waals surface area contributed by atoms with E-state index in [1.165, 1.54) is 54.4 Å². The molecular formula is C16H17FN2O3S. The van der Waals surface area contributed by atoms with Gasteiger partial charge >= 0.3 is 0 Å². The lowest BCUT2D eigenvalue weighted by atomic mass is 10.2. The molecular weight excluding hydrogens is 319 g/mol. The highest BCUT2D eigenvalue weighted by atomic mass is 32.2. The fraction of sp³-hybridized carbons (Fsp3) is 0.188. The van der Waals surface area contributed by atoms with Gasteiger partial charge in [-0.2, -0.15) is 0 Å². The van der Waals surface area contributed by atoms with E-state index in [0.29, 0.717) is 5.69 Å². The van der Waals surface area contributed by atoms with Crippen molar-refractivity contribution >= 4 is 21.6 Å². The van der Waals surface area contributed by atoms with E-state index in [4.69, 9.17) is 0 Å². The molecule has 0 aromatic heterocycles. The molecule has 2 aromatic rings. The fourth-order valence-electron chi connectivity index (χ4n) is 2.00. The molecule has 0 heterocycles. The van der Waals surface area contributed by atoms with Gasteiger partial charge < -0.3 is 4.90 Å². The van der Waals surface area contributed by atoms with Crippen LogP contribution in [0.15, 0.2) is 53.4 Å². The highest BCUT2D eigenvalue weighted by molar-refractivity contribution is 7.92. The standard InChI is InChI=1S/C16H17FN2O3S/c1-18(2)16(20)12-5-4-6-15(11-12)23(21,22)19(3)14-9-7-13(17)8-10-14/h4-11H,1-3H3. The third-order valence-corrected chi connectivity index (χ3v) is 5.12. The maximum absolute atomic E-state index is 13.0. The number of halogens is 1. The van der Waals surface area contributed by atoms with Crippen molar-refractivity contribution in [3.63, 3.8) is 0 Å². The third-order valence-electron chi connectivity index (χ3n) is 3.34. The number of nitrogens with zero attached hydrogens (tertiary/aromatic N) is 2. The molecule has 23 heavy (non-hydrogen) atoms. The van der Waals surface area contributed by atoms with Gasteiger partial charge in [-0.05, 0) is 42.5 Å². The summed E-state index contributed by atoms with van der Waals surface area (Å²) in [7, 11) is 0.714. The minimum atomic E-state index is -3.85. The normalized spacial score (nSPS) is 11.1. The van der Waals surface area contributed by atoms with E-state index in [1.54, 1.807) is 20.2 Å². The average Bonchev–Trinajstić information content (AvgIpc) is 2.54. The molecule has 0 saturated heterocycles. The molecule has 7 heteroatoms. The molecule has 122 valence electrons. The van der Waals surface area contributed by atoms with Crippen molar-refractivity contribution in [2.45, 2.75) is 4.90 Å². The smallest absolute Gasteiger partial charge is 0.264 e. The van der Waals surface area contributed by atoms with Crippen molar-refractivity contribution < 1.29 is 17.6 Å². The van der Waals surface area contributed by atoms with Crippen molar-refractivity contribution in [3.05, 3.63) is 59.9 Å². The van der Waals surface area contributed by atoms with Gasteiger partial charge in [0.1, 0.15) is 5.82 Å². The van der Waals surface area contributed by atoms with E-state index in [9.17, 15) is 17.6 Å². The quantitative estimate of drug-likeness (QED) is 0.861. The zero-order chi connectivity index (χ0) is 17.2. The summed E-state index contributed by atoms with van der Waals surface area (Å²) < 4.78 is 39.4. The monoisotopic (exact) mass is 336 g/mol. The Morgan fingerprint density at radius 3 is 2.17 bits per heavy atom. The molecule has 0 unspecified atom stereocenters. The Balaban J connectivity index is 2.41. The van der Waals surface area contributed by atoms with Crippen LogP contribution < -0.4 is 4.31 Å². The SMILES string of the molecule is CN(C)C(=O)c1cccc(S(=O)(=O)N(C)c2ccc(F)cc2)c1. The molecule has 2 rings (SSSR count). The number of hydrogen-bond acceptors (Lipinski definition) is 3. The Bertz CT molecular complexity index is 817. The first-order chi connectivity index (χ1) is 10.7. The largest absolute Gasteiger partial charge is 0.345 e. The van der Waals surface area contributed by atoms with Crippen LogP contribution in [0.25, 0.3) is 0 Å². The molecule has 0 N–H and O–H groups in total. The molecule has 5 nitrogen and oxygen atoms in total. The number of carbonyl (C=O) groups is 1. The molecule has 0 aliphatic rings. The molecule has 1 amide bonds. The Morgan fingerprint density at radius 1 is 1.00 bits per heavy atom. The van der Waals surface area contributed by atoms with Crippen LogP contribution in [-0.2, 0) is 10.0 Å². The summed E-state index contributed by atoms with van der Waals surface area (Å²) in [5.74, 6) is -0.732. The topological polar surface area (TPSA) is 57.7 Å². The number of rotatable bonds is 4. The predicted molar refractivity (Wildman–Crippen MR) is 86.4 cm³/mol. The van der Waals surface area contributed by atoms with Crippen LogP contribution >= 0.6 is 0 Å². The van der Waals surface area contributed by atoms with Gasteiger partial charge in [-0.25, -0.2) is 12.8 Å². The summed E-state index contributed by atoms with van der Waals surface area (Å²) in [6.07, 6.45) is 0. The van der Waals surface area contributed by atoms with Crippen molar-refractivity contribution in [3.8, 4) is 0 Å². The predicted octanol–water partition coefficient (Wildman–Crippen LogP) is 2.35. The molecule has 0 fully saturated rings. The number of amides is 1. The summed E-state index contributed by atoms with van der Waals surface area (Å²) in [4.78, 5) is 13.3. The Morgan fingerprint density at radius 2 is 1.61 bits per heavy atom. The molecule has 0 saturated carbocycles. The van der Waals surface area contributed by atoms with Gasteiger partial charge in [0.15, 0.2) is 0 Å². The highest BCUT2D eigenvalue weighted by Gasteiger charge is 2.22. The Kier molecular flexibility index (Phi) is 4.70. The van der Waals surface area contributed by atoms with Gasteiger partial charge in [-0.1, -0.05) is 6.07 Å². The number of carbonyl (C=O) groups excluding carboxylic acids is 1. The van der Waals surface area contributed by atoms with Crippen LogP contribution in [0.2, 0.25) is 0 Å². The lowest BCUT2D eigenvalue weighted by Crippen LogP contribution is -2.27. The van der Waals surface area contributed by atoms with Crippen molar-refractivity contribution in [2.75, 3.05) is 25.4 Å². The van der Waals surface area contributed by atoms with Crippen LogP contribution in [0.1, 0.15) is 10.4 Å². The Hall–Kier alpha value is -2.41. The zero-order valence-electron chi connectivity index (χ0n) is 13.0. The van der Waals surface area contributed by atoms with Gasteiger partial charge in [-0.15, -0.1) is 0 Å². The zero-order valence-corrected chi connectivity index (χ0v) is 13.8. The summed E-state index contributed by atoms with van der Waals surface area (Å²) >= 11 is 0. The van der Waals surface area contributed by atoms with Gasteiger partial charge in [0.25, 0.3) is 15.9 Å². The molecule has 0 atom stereocenters. The second-order valence-corrected chi connectivity index (χ2v) is 7.15. The van der Waals surface area contributed by atoms with Gasteiger partial charge in [0.05, 0.1) is 10.6 Å². The Labute approximate surface area is 135 Å². The first-order valence-corrected chi connectivity index (χ1v) is 8.23. The number of hydrogen-bond donors (Lipinski definition) is 0. The first-order valence-electron chi connectivity index (χ1n) is 6.79. The van der Waals surface area contributed by atoms with Crippen LogP contribution in [0.4, 0.5) is 10.1 Å². The lowest BCUT2D eigenvalue weighted by Gasteiger charge is -2.20. The van der Waals surface area contributed by atoms with Gasteiger partial charge in [0.2, 0.25) is 0 Å². The summed E-state index contributed by atoms with van der Waals surface area (Å²) in [5.41, 5.74) is 0.610.